The molecule has 0 atom stereocenters. The molecule has 1 heterocycles. The highest BCUT2D eigenvalue weighted by Crippen LogP contribution is 2.18. The second kappa shape index (κ2) is 6.90. The van der Waals surface area contributed by atoms with Gasteiger partial charge in [-0.05, 0) is 26.3 Å². The third kappa shape index (κ3) is 4.35. The Balaban J connectivity index is 2.92. The van der Waals surface area contributed by atoms with E-state index >= 15 is 0 Å². The number of unbranched alkanes of at least 4 members (excludes halogenated alkanes) is 2. The van der Waals surface area contributed by atoms with E-state index < -0.39 is 10.0 Å². The van der Waals surface area contributed by atoms with Crippen molar-refractivity contribution in [3.63, 3.8) is 0 Å². The molecular formula is C13H23N3O3S. The van der Waals surface area contributed by atoms with Crippen LogP contribution in [0.3, 0.4) is 0 Å². The molecule has 0 radical (unpaired) electrons. The van der Waals surface area contributed by atoms with Crippen molar-refractivity contribution >= 4 is 15.9 Å². The fourth-order valence-electron chi connectivity index (χ4n) is 1.89. The Morgan fingerprint density at radius 3 is 2.55 bits per heavy atom. The number of nitrogens with zero attached hydrogens (tertiary/aromatic N) is 1. The summed E-state index contributed by atoms with van der Waals surface area (Å²) in [5, 5.41) is 7.90. The Hall–Kier alpha value is -1.34. The van der Waals surface area contributed by atoms with Gasteiger partial charge in [0.2, 0.25) is 10.0 Å². The van der Waals surface area contributed by atoms with Gasteiger partial charge in [-0.15, -0.1) is 0 Å². The molecule has 7 heteroatoms. The second-order valence-corrected chi connectivity index (χ2v) is 6.63. The summed E-state index contributed by atoms with van der Waals surface area (Å²) in [5.74, 6) is -0.273. The number of nitrogens with two attached hydrogens (primary N) is 1. The highest BCUT2D eigenvalue weighted by Gasteiger charge is 2.19. The first-order valence-corrected chi connectivity index (χ1v) is 8.34. The first kappa shape index (κ1) is 16.7. The zero-order valence-corrected chi connectivity index (χ0v) is 13.0. The standard InChI is InChI=1S/C13H23N3O3S/c1-4-5-6-7-15-13(17)12-8-11(20(14,18)19)9-16(12)10(2)3/h8-10H,4-7H2,1-3H3,(H,15,17)(H2,14,18,19). The molecule has 1 aromatic heterocycles. The number of sulfonamides is 1. The Labute approximate surface area is 120 Å². The maximum absolute atomic E-state index is 12.1. The topological polar surface area (TPSA) is 94.2 Å². The van der Waals surface area contributed by atoms with Gasteiger partial charge in [0.1, 0.15) is 10.6 Å². The first-order chi connectivity index (χ1) is 9.27. The van der Waals surface area contributed by atoms with E-state index in [1.165, 1.54) is 12.3 Å². The lowest BCUT2D eigenvalue weighted by molar-refractivity contribution is 0.0942. The monoisotopic (exact) mass is 301 g/mol. The number of rotatable bonds is 7. The molecule has 0 aliphatic carbocycles. The summed E-state index contributed by atoms with van der Waals surface area (Å²) < 4.78 is 24.4. The highest BCUT2D eigenvalue weighted by molar-refractivity contribution is 7.89. The summed E-state index contributed by atoms with van der Waals surface area (Å²) in [5.41, 5.74) is 0.320. The van der Waals surface area contributed by atoms with Gasteiger partial charge in [-0.1, -0.05) is 19.8 Å². The van der Waals surface area contributed by atoms with Crippen LogP contribution in [0.25, 0.3) is 0 Å². The molecule has 0 saturated carbocycles. The van der Waals surface area contributed by atoms with Gasteiger partial charge in [0.05, 0.1) is 0 Å². The minimum Gasteiger partial charge on any atom is -0.351 e. The van der Waals surface area contributed by atoms with Crippen LogP contribution in [0.2, 0.25) is 0 Å². The number of carbonyl (C=O) groups is 1. The predicted molar refractivity (Wildman–Crippen MR) is 78.0 cm³/mol. The fourth-order valence-corrected chi connectivity index (χ4v) is 2.42. The second-order valence-electron chi connectivity index (χ2n) is 5.07. The minimum atomic E-state index is -3.80. The van der Waals surface area contributed by atoms with Crippen molar-refractivity contribution in [1.82, 2.24) is 9.88 Å². The average Bonchev–Trinajstić information content (AvgIpc) is 2.79. The SMILES string of the molecule is CCCCCNC(=O)c1cc(S(N)(=O)=O)cn1C(C)C. The molecule has 0 aliphatic rings. The number of amides is 1. The Morgan fingerprint density at radius 1 is 1.40 bits per heavy atom. The number of primary sulfonamides is 1. The van der Waals surface area contributed by atoms with Crippen molar-refractivity contribution < 1.29 is 13.2 Å². The molecule has 1 amide bonds. The normalized spacial score (nSPS) is 11.8. The van der Waals surface area contributed by atoms with Crippen LogP contribution in [0.4, 0.5) is 0 Å². The van der Waals surface area contributed by atoms with E-state index in [9.17, 15) is 13.2 Å². The predicted octanol–water partition coefficient (Wildman–Crippen LogP) is 1.64. The van der Waals surface area contributed by atoms with Gasteiger partial charge in [0.15, 0.2) is 0 Å². The quantitative estimate of drug-likeness (QED) is 0.749. The minimum absolute atomic E-state index is 0.0260. The maximum atomic E-state index is 12.1. The van der Waals surface area contributed by atoms with Gasteiger partial charge >= 0.3 is 0 Å². The van der Waals surface area contributed by atoms with Crippen LogP contribution in [-0.4, -0.2) is 25.4 Å². The molecular weight excluding hydrogens is 278 g/mol. The zero-order valence-electron chi connectivity index (χ0n) is 12.2. The van der Waals surface area contributed by atoms with Crippen molar-refractivity contribution in [3.8, 4) is 0 Å². The lowest BCUT2D eigenvalue weighted by atomic mass is 10.2. The molecule has 20 heavy (non-hydrogen) atoms. The lowest BCUT2D eigenvalue weighted by Gasteiger charge is -2.12. The van der Waals surface area contributed by atoms with E-state index in [-0.39, 0.29) is 16.8 Å². The number of nitrogens with one attached hydrogen (secondary N) is 1. The van der Waals surface area contributed by atoms with Crippen LogP contribution in [-0.2, 0) is 10.0 Å². The molecule has 0 unspecified atom stereocenters. The third-order valence-corrected chi connectivity index (χ3v) is 3.89. The van der Waals surface area contributed by atoms with Gasteiger partial charge in [-0.3, -0.25) is 4.79 Å². The highest BCUT2D eigenvalue weighted by atomic mass is 32.2. The van der Waals surface area contributed by atoms with E-state index in [0.717, 1.165) is 19.3 Å². The van der Waals surface area contributed by atoms with Crippen LogP contribution >= 0.6 is 0 Å². The molecule has 6 nitrogen and oxygen atoms in total. The first-order valence-electron chi connectivity index (χ1n) is 6.80. The van der Waals surface area contributed by atoms with Crippen LogP contribution in [0, 0.1) is 0 Å². The number of carbonyl (C=O) groups excluding carboxylic acids is 1. The number of hydrogen-bond donors (Lipinski definition) is 2. The van der Waals surface area contributed by atoms with Crippen molar-refractivity contribution in [2.75, 3.05) is 6.54 Å². The van der Waals surface area contributed by atoms with Crippen molar-refractivity contribution in [3.05, 3.63) is 18.0 Å². The number of hydrogen-bond acceptors (Lipinski definition) is 3. The maximum Gasteiger partial charge on any atom is 0.267 e. The summed E-state index contributed by atoms with van der Waals surface area (Å²) in [4.78, 5) is 12.1. The van der Waals surface area contributed by atoms with Crippen molar-refractivity contribution in [1.29, 1.82) is 0 Å². The van der Waals surface area contributed by atoms with Crippen LogP contribution in [0.5, 0.6) is 0 Å². The largest absolute Gasteiger partial charge is 0.351 e. The summed E-state index contributed by atoms with van der Waals surface area (Å²) >= 11 is 0. The van der Waals surface area contributed by atoms with Gasteiger partial charge in [0.25, 0.3) is 5.91 Å². The van der Waals surface area contributed by atoms with Gasteiger partial charge in [0, 0.05) is 18.8 Å². The Kier molecular flexibility index (Phi) is 5.76. The molecule has 1 rings (SSSR count). The van der Waals surface area contributed by atoms with E-state index in [0.29, 0.717) is 12.2 Å². The summed E-state index contributed by atoms with van der Waals surface area (Å²) in [7, 11) is -3.80. The van der Waals surface area contributed by atoms with E-state index in [4.69, 9.17) is 5.14 Å². The third-order valence-electron chi connectivity index (χ3n) is 3.01. The molecule has 0 fully saturated rings. The van der Waals surface area contributed by atoms with Crippen LogP contribution in [0.1, 0.15) is 56.6 Å². The fraction of sp³-hybridized carbons (Fsp3) is 0.615. The van der Waals surface area contributed by atoms with Crippen LogP contribution < -0.4 is 10.5 Å². The van der Waals surface area contributed by atoms with Gasteiger partial charge < -0.3 is 9.88 Å². The van der Waals surface area contributed by atoms with Gasteiger partial charge in [-0.25, -0.2) is 13.6 Å². The lowest BCUT2D eigenvalue weighted by Crippen LogP contribution is -2.27. The average molecular weight is 301 g/mol. The summed E-state index contributed by atoms with van der Waals surface area (Å²) in [6, 6.07) is 1.30. The molecule has 0 spiro atoms. The molecule has 0 saturated heterocycles. The van der Waals surface area contributed by atoms with E-state index in [2.05, 4.69) is 12.2 Å². The smallest absolute Gasteiger partial charge is 0.267 e. The Morgan fingerprint density at radius 2 is 2.05 bits per heavy atom. The van der Waals surface area contributed by atoms with E-state index in [1.54, 1.807) is 4.57 Å². The molecule has 0 aromatic carbocycles. The summed E-state index contributed by atoms with van der Waals surface area (Å²) in [6.07, 6.45) is 4.44. The number of aromatic nitrogens is 1. The Bertz CT molecular complexity index is 561. The van der Waals surface area contributed by atoms with E-state index in [1.807, 2.05) is 13.8 Å². The molecule has 114 valence electrons. The molecule has 0 aliphatic heterocycles. The van der Waals surface area contributed by atoms with Gasteiger partial charge in [-0.2, -0.15) is 0 Å². The van der Waals surface area contributed by atoms with Crippen LogP contribution in [0.15, 0.2) is 17.2 Å². The summed E-state index contributed by atoms with van der Waals surface area (Å²) in [6.45, 7) is 6.42. The van der Waals surface area contributed by atoms with Crippen molar-refractivity contribution in [2.45, 2.75) is 51.0 Å². The molecule has 1 aromatic rings. The molecule has 0 bridgehead atoms. The van der Waals surface area contributed by atoms with Crippen molar-refractivity contribution in [2.24, 2.45) is 5.14 Å². The zero-order chi connectivity index (χ0) is 15.3. The molecule has 3 N–H and O–H groups in total.